The zero-order valence-electron chi connectivity index (χ0n) is 14.1. The number of thiazole rings is 1. The lowest BCUT2D eigenvalue weighted by molar-refractivity contribution is 0.601. The monoisotopic (exact) mass is 387 g/mol. The summed E-state index contributed by atoms with van der Waals surface area (Å²) in [6.45, 7) is 2.60. The molecule has 0 atom stereocenters. The van der Waals surface area contributed by atoms with Crippen LogP contribution in [0.5, 0.6) is 0 Å². The van der Waals surface area contributed by atoms with Crippen LogP contribution in [0.25, 0.3) is 10.2 Å². The molecule has 8 heteroatoms. The molecule has 1 heterocycles. The van der Waals surface area contributed by atoms with Gasteiger partial charge in [0.2, 0.25) is 0 Å². The predicted molar refractivity (Wildman–Crippen MR) is 103 cm³/mol. The maximum atomic E-state index is 12.6. The van der Waals surface area contributed by atoms with Gasteiger partial charge in [0, 0.05) is 12.2 Å². The summed E-state index contributed by atoms with van der Waals surface area (Å²) in [6.07, 6.45) is 1.10. The van der Waals surface area contributed by atoms with E-state index >= 15 is 0 Å². The van der Waals surface area contributed by atoms with Crippen molar-refractivity contribution in [1.82, 2.24) is 4.57 Å². The summed E-state index contributed by atoms with van der Waals surface area (Å²) in [5.41, 5.74) is 1.99. The van der Waals surface area contributed by atoms with Crippen molar-refractivity contribution in [2.45, 2.75) is 31.2 Å². The fourth-order valence-corrected chi connectivity index (χ4v) is 4.76. The minimum atomic E-state index is -3.77. The van der Waals surface area contributed by atoms with Crippen molar-refractivity contribution in [1.29, 1.82) is 5.26 Å². The quantitative estimate of drug-likeness (QED) is 0.702. The van der Waals surface area contributed by atoms with Gasteiger partial charge in [0.05, 0.1) is 27.6 Å². The standard InChI is InChI=1S/C18H17N3O3S2/c1-2-11-21-16-8-7-15(12-17(16)25-18(21)22)26(23,24)20-14-5-3-13(4-6-14)9-10-19/h3-8,12,20H,2,9,11H2,1H3. The topological polar surface area (TPSA) is 92.0 Å². The maximum Gasteiger partial charge on any atom is 0.308 e. The molecule has 0 saturated heterocycles. The molecule has 0 fully saturated rings. The van der Waals surface area contributed by atoms with E-state index in [4.69, 9.17) is 5.26 Å². The number of rotatable bonds is 6. The Hall–Kier alpha value is -2.63. The van der Waals surface area contributed by atoms with Crippen LogP contribution in [-0.2, 0) is 23.0 Å². The van der Waals surface area contributed by atoms with Crippen LogP contribution in [0.15, 0.2) is 52.2 Å². The van der Waals surface area contributed by atoms with Gasteiger partial charge >= 0.3 is 4.87 Å². The number of benzene rings is 2. The molecule has 3 aromatic rings. The number of hydrogen-bond donors (Lipinski definition) is 1. The zero-order valence-corrected chi connectivity index (χ0v) is 15.7. The third-order valence-electron chi connectivity index (χ3n) is 3.89. The van der Waals surface area contributed by atoms with Gasteiger partial charge in [-0.2, -0.15) is 5.26 Å². The van der Waals surface area contributed by atoms with Crippen molar-refractivity contribution in [3.05, 3.63) is 57.7 Å². The molecule has 0 spiro atoms. The molecule has 0 bridgehead atoms. The summed E-state index contributed by atoms with van der Waals surface area (Å²) in [6, 6.07) is 13.4. The van der Waals surface area contributed by atoms with Crippen LogP contribution in [0.1, 0.15) is 18.9 Å². The second-order valence-electron chi connectivity index (χ2n) is 5.79. The van der Waals surface area contributed by atoms with Crippen molar-refractivity contribution in [3.63, 3.8) is 0 Å². The Kier molecular flexibility index (Phi) is 5.11. The Balaban J connectivity index is 1.91. The average molecular weight is 387 g/mol. The van der Waals surface area contributed by atoms with E-state index in [1.165, 1.54) is 12.1 Å². The molecule has 0 radical (unpaired) electrons. The van der Waals surface area contributed by atoms with E-state index in [1.54, 1.807) is 34.9 Å². The van der Waals surface area contributed by atoms with E-state index in [-0.39, 0.29) is 16.2 Å². The number of nitrogens with one attached hydrogen (secondary N) is 1. The van der Waals surface area contributed by atoms with Gasteiger partial charge < -0.3 is 0 Å². The van der Waals surface area contributed by atoms with Crippen LogP contribution < -0.4 is 9.60 Å². The number of hydrogen-bond acceptors (Lipinski definition) is 5. The summed E-state index contributed by atoms with van der Waals surface area (Å²) < 4.78 is 30.1. The van der Waals surface area contributed by atoms with E-state index in [9.17, 15) is 13.2 Å². The van der Waals surface area contributed by atoms with Crippen LogP contribution in [-0.4, -0.2) is 13.0 Å². The molecule has 1 aromatic heterocycles. The number of anilines is 1. The predicted octanol–water partition coefficient (Wildman–Crippen LogP) is 3.34. The molecule has 0 aliphatic carbocycles. The highest BCUT2D eigenvalue weighted by Gasteiger charge is 2.17. The van der Waals surface area contributed by atoms with E-state index in [0.29, 0.717) is 16.9 Å². The zero-order chi connectivity index (χ0) is 18.7. The van der Waals surface area contributed by atoms with E-state index in [2.05, 4.69) is 4.72 Å². The first-order valence-corrected chi connectivity index (χ1v) is 10.4. The fraction of sp³-hybridized carbons (Fsp3) is 0.222. The molecular weight excluding hydrogens is 370 g/mol. The highest BCUT2D eigenvalue weighted by atomic mass is 32.2. The number of sulfonamides is 1. The lowest BCUT2D eigenvalue weighted by atomic mass is 10.1. The largest absolute Gasteiger partial charge is 0.308 e. The average Bonchev–Trinajstić information content (AvgIpc) is 2.92. The van der Waals surface area contributed by atoms with Crippen molar-refractivity contribution in [2.24, 2.45) is 0 Å². The number of nitriles is 1. The molecule has 0 aliphatic heterocycles. The molecule has 0 saturated carbocycles. The number of fused-ring (bicyclic) bond motifs is 1. The molecular formula is C18H17N3O3S2. The number of nitrogens with zero attached hydrogens (tertiary/aromatic N) is 2. The summed E-state index contributed by atoms with van der Waals surface area (Å²) in [7, 11) is -3.77. The molecule has 1 N–H and O–H groups in total. The van der Waals surface area contributed by atoms with Crippen molar-refractivity contribution in [2.75, 3.05) is 4.72 Å². The number of aryl methyl sites for hydroxylation is 1. The van der Waals surface area contributed by atoms with Crippen LogP contribution in [0.4, 0.5) is 5.69 Å². The third-order valence-corrected chi connectivity index (χ3v) is 6.21. The van der Waals surface area contributed by atoms with Gasteiger partial charge in [-0.1, -0.05) is 30.4 Å². The van der Waals surface area contributed by atoms with Crippen LogP contribution >= 0.6 is 11.3 Å². The number of aromatic nitrogens is 1. The van der Waals surface area contributed by atoms with Gasteiger partial charge in [0.25, 0.3) is 10.0 Å². The normalized spacial score (nSPS) is 11.4. The molecule has 0 amide bonds. The highest BCUT2D eigenvalue weighted by Crippen LogP contribution is 2.24. The minimum absolute atomic E-state index is 0.0857. The minimum Gasteiger partial charge on any atom is -0.299 e. The van der Waals surface area contributed by atoms with Crippen LogP contribution in [0, 0.1) is 11.3 Å². The Labute approximate surface area is 155 Å². The Bertz CT molecular complexity index is 1140. The molecule has 0 aliphatic rings. The smallest absolute Gasteiger partial charge is 0.299 e. The molecule has 2 aromatic carbocycles. The van der Waals surface area contributed by atoms with Crippen molar-refractivity contribution >= 4 is 37.3 Å². The van der Waals surface area contributed by atoms with Gasteiger partial charge in [0.15, 0.2) is 0 Å². The van der Waals surface area contributed by atoms with Gasteiger partial charge in [0.1, 0.15) is 0 Å². The van der Waals surface area contributed by atoms with Crippen LogP contribution in [0.3, 0.4) is 0 Å². The molecule has 26 heavy (non-hydrogen) atoms. The second-order valence-corrected chi connectivity index (χ2v) is 8.46. The van der Waals surface area contributed by atoms with E-state index in [1.807, 2.05) is 13.0 Å². The molecule has 6 nitrogen and oxygen atoms in total. The van der Waals surface area contributed by atoms with Crippen molar-refractivity contribution in [3.8, 4) is 6.07 Å². The lowest BCUT2D eigenvalue weighted by Crippen LogP contribution is -2.13. The summed E-state index contributed by atoms with van der Waals surface area (Å²) >= 11 is 1.05. The van der Waals surface area contributed by atoms with E-state index in [0.717, 1.165) is 28.8 Å². The van der Waals surface area contributed by atoms with Crippen LogP contribution in [0.2, 0.25) is 0 Å². The first-order valence-electron chi connectivity index (χ1n) is 8.06. The summed E-state index contributed by atoms with van der Waals surface area (Å²) in [4.78, 5) is 12.1. The Morgan fingerprint density at radius 1 is 1.19 bits per heavy atom. The second kappa shape index (κ2) is 7.32. The van der Waals surface area contributed by atoms with E-state index < -0.39 is 10.0 Å². The molecule has 3 rings (SSSR count). The Morgan fingerprint density at radius 3 is 2.58 bits per heavy atom. The molecule has 134 valence electrons. The summed E-state index contributed by atoms with van der Waals surface area (Å²) in [5, 5.41) is 8.68. The third kappa shape index (κ3) is 3.64. The van der Waals surface area contributed by atoms with Crippen molar-refractivity contribution < 1.29 is 8.42 Å². The first-order chi connectivity index (χ1) is 12.4. The summed E-state index contributed by atoms with van der Waals surface area (Å²) in [5.74, 6) is 0. The SMILES string of the molecule is CCCn1c(=O)sc2cc(S(=O)(=O)Nc3ccc(CC#N)cc3)ccc21. The molecule has 0 unspecified atom stereocenters. The first kappa shape index (κ1) is 18.2. The van der Waals surface area contributed by atoms with Gasteiger partial charge in [-0.3, -0.25) is 14.1 Å². The highest BCUT2D eigenvalue weighted by molar-refractivity contribution is 7.92. The lowest BCUT2D eigenvalue weighted by Gasteiger charge is -2.09. The van der Waals surface area contributed by atoms with Gasteiger partial charge in [-0.25, -0.2) is 8.42 Å². The Morgan fingerprint density at radius 2 is 1.92 bits per heavy atom. The van der Waals surface area contributed by atoms with Gasteiger partial charge in [-0.05, 0) is 42.3 Å². The fourth-order valence-electron chi connectivity index (χ4n) is 2.65. The maximum absolute atomic E-state index is 12.6. The van der Waals surface area contributed by atoms with Gasteiger partial charge in [-0.15, -0.1) is 0 Å².